The van der Waals surface area contributed by atoms with Crippen LogP contribution in [0.5, 0.6) is 0 Å². The number of nitrogens with one attached hydrogen (secondary N) is 2. The van der Waals surface area contributed by atoms with Gasteiger partial charge in [-0.05, 0) is 36.4 Å². The van der Waals surface area contributed by atoms with E-state index in [1.807, 2.05) is 24.3 Å². The molecule has 3 aromatic rings. The second-order valence-corrected chi connectivity index (χ2v) is 5.44. The van der Waals surface area contributed by atoms with E-state index in [4.69, 9.17) is 0 Å². The van der Waals surface area contributed by atoms with Gasteiger partial charge in [0.1, 0.15) is 0 Å². The summed E-state index contributed by atoms with van der Waals surface area (Å²) in [6.07, 6.45) is -4.41. The van der Waals surface area contributed by atoms with E-state index in [0.29, 0.717) is 17.9 Å². The quantitative estimate of drug-likeness (QED) is 0.672. The molecule has 0 amide bonds. The van der Waals surface area contributed by atoms with E-state index in [2.05, 4.69) is 10.5 Å². The maximum Gasteiger partial charge on any atom is 0.416 e. The molecule has 2 aromatic carbocycles. The molecule has 8 heteroatoms. The van der Waals surface area contributed by atoms with Gasteiger partial charge in [0.15, 0.2) is 11.4 Å². The number of para-hydroxylation sites is 2. The molecule has 0 saturated heterocycles. The Kier molecular flexibility index (Phi) is 3.02. The Labute approximate surface area is 133 Å². The first-order valence-electron chi connectivity index (χ1n) is 7.22. The highest BCUT2D eigenvalue weighted by Crippen LogP contribution is 2.29. The maximum absolute atomic E-state index is 12.7. The van der Waals surface area contributed by atoms with Crippen molar-refractivity contribution in [3.8, 4) is 11.4 Å². The lowest BCUT2D eigenvalue weighted by Crippen LogP contribution is -2.43. The second kappa shape index (κ2) is 4.98. The van der Waals surface area contributed by atoms with Crippen molar-refractivity contribution in [2.75, 3.05) is 5.32 Å². The van der Waals surface area contributed by atoms with E-state index < -0.39 is 11.7 Å². The molecule has 0 fully saturated rings. The van der Waals surface area contributed by atoms with Crippen LogP contribution < -0.4 is 15.6 Å². The van der Waals surface area contributed by atoms with E-state index >= 15 is 0 Å². The summed E-state index contributed by atoms with van der Waals surface area (Å²) in [5.41, 5.74) is 1.41. The predicted octanol–water partition coefficient (Wildman–Crippen LogP) is 2.39. The Morgan fingerprint density at radius 3 is 2.46 bits per heavy atom. The van der Waals surface area contributed by atoms with Crippen LogP contribution in [0.4, 0.5) is 18.9 Å². The zero-order valence-electron chi connectivity index (χ0n) is 12.3. The first-order chi connectivity index (χ1) is 11.4. The number of H-pyrrole nitrogens is 1. The lowest BCUT2D eigenvalue weighted by molar-refractivity contribution is -0.669. The van der Waals surface area contributed by atoms with Crippen molar-refractivity contribution < 1.29 is 17.9 Å². The number of rotatable bonds is 1. The fourth-order valence-electron chi connectivity index (χ4n) is 2.76. The van der Waals surface area contributed by atoms with Crippen molar-refractivity contribution in [3.05, 3.63) is 70.1 Å². The molecular weight excluding hydrogens is 321 g/mol. The molecule has 2 heterocycles. The van der Waals surface area contributed by atoms with Crippen LogP contribution in [0.25, 0.3) is 11.4 Å². The van der Waals surface area contributed by atoms with E-state index in [9.17, 15) is 18.0 Å². The minimum Gasteiger partial charge on any atom is -0.373 e. The van der Waals surface area contributed by atoms with Crippen molar-refractivity contribution in [1.82, 2.24) is 9.90 Å². The van der Waals surface area contributed by atoms with Gasteiger partial charge in [0.2, 0.25) is 5.69 Å². The average Bonchev–Trinajstić information content (AvgIpc) is 2.92. The van der Waals surface area contributed by atoms with Crippen molar-refractivity contribution in [3.63, 3.8) is 0 Å². The second-order valence-electron chi connectivity index (χ2n) is 5.44. The number of alkyl halides is 3. The Morgan fingerprint density at radius 1 is 1.04 bits per heavy atom. The number of aromatic nitrogens is 3. The summed E-state index contributed by atoms with van der Waals surface area (Å²) in [5.74, 6) is 0. The summed E-state index contributed by atoms with van der Waals surface area (Å²) < 4.78 is 40.9. The van der Waals surface area contributed by atoms with E-state index in [1.165, 1.54) is 16.8 Å². The molecule has 0 spiro atoms. The largest absolute Gasteiger partial charge is 0.416 e. The third-order valence-corrected chi connectivity index (χ3v) is 3.96. The van der Waals surface area contributed by atoms with Crippen molar-refractivity contribution in [2.24, 2.45) is 0 Å². The first kappa shape index (κ1) is 14.6. The Hall–Kier alpha value is -3.03. The monoisotopic (exact) mass is 333 g/mol. The number of halogens is 3. The predicted molar refractivity (Wildman–Crippen MR) is 80.3 cm³/mol. The molecule has 1 aliphatic heterocycles. The van der Waals surface area contributed by atoms with E-state index in [-0.39, 0.29) is 5.56 Å². The van der Waals surface area contributed by atoms with Gasteiger partial charge in [-0.15, -0.1) is 4.68 Å². The van der Waals surface area contributed by atoms with Gasteiger partial charge in [0, 0.05) is 0 Å². The van der Waals surface area contributed by atoms with E-state index in [1.54, 1.807) is 4.68 Å². The number of aromatic amines is 1. The minimum atomic E-state index is -4.41. The Morgan fingerprint density at radius 2 is 1.75 bits per heavy atom. The summed E-state index contributed by atoms with van der Waals surface area (Å²) in [4.78, 5) is 12.6. The summed E-state index contributed by atoms with van der Waals surface area (Å²) in [5, 5.41) is 6.08. The third kappa shape index (κ3) is 2.18. The summed E-state index contributed by atoms with van der Waals surface area (Å²) in [7, 11) is 0. The third-order valence-electron chi connectivity index (χ3n) is 3.96. The van der Waals surface area contributed by atoms with Crippen molar-refractivity contribution in [2.45, 2.75) is 12.7 Å². The molecule has 2 N–H and O–H groups in total. The molecule has 122 valence electrons. The molecule has 1 aromatic heterocycles. The number of nitrogens with zero attached hydrogens (tertiary/aromatic N) is 2. The molecule has 4 rings (SSSR count). The van der Waals surface area contributed by atoms with Crippen LogP contribution in [-0.2, 0) is 12.7 Å². The van der Waals surface area contributed by atoms with Crippen LogP contribution >= 0.6 is 0 Å². The van der Waals surface area contributed by atoms with Crippen molar-refractivity contribution >= 4 is 5.69 Å². The normalized spacial score (nSPS) is 13.1. The van der Waals surface area contributed by atoms with Crippen molar-refractivity contribution in [1.29, 1.82) is 0 Å². The van der Waals surface area contributed by atoms with Gasteiger partial charge < -0.3 is 5.32 Å². The SMILES string of the molecule is O=c1c2[n+]([nH]n1-c1ccc(C(F)(F)F)cc1)-c1ccccc1NC2. The fraction of sp³-hybridized carbons (Fsp3) is 0.125. The van der Waals surface area contributed by atoms with Crippen LogP contribution in [0.2, 0.25) is 0 Å². The summed E-state index contributed by atoms with van der Waals surface area (Å²) in [6.45, 7) is 0.333. The summed E-state index contributed by atoms with van der Waals surface area (Å²) >= 11 is 0. The molecule has 0 saturated carbocycles. The maximum atomic E-state index is 12.7. The molecule has 0 atom stereocenters. The van der Waals surface area contributed by atoms with Crippen LogP contribution in [0, 0.1) is 0 Å². The van der Waals surface area contributed by atoms with Gasteiger partial charge in [-0.2, -0.15) is 13.2 Å². The highest BCUT2D eigenvalue weighted by atomic mass is 19.4. The molecular formula is C16H12F3N4O+. The molecule has 5 nitrogen and oxygen atoms in total. The van der Waals surface area contributed by atoms with Gasteiger partial charge >= 0.3 is 11.7 Å². The number of hydrogen-bond acceptors (Lipinski definition) is 2. The number of anilines is 1. The topological polar surface area (TPSA) is 53.7 Å². The Balaban J connectivity index is 1.82. The van der Waals surface area contributed by atoms with Gasteiger partial charge in [0.25, 0.3) is 0 Å². The fourth-order valence-corrected chi connectivity index (χ4v) is 2.76. The standard InChI is InChI=1S/C16H11F3N4O/c17-16(18,19)10-5-7-11(8-6-10)22-15(24)14-9-20-12-3-1-2-4-13(12)23(14)21-22/h1-8H,9H2,(H-,20,21,24)/p+1. The van der Waals surface area contributed by atoms with Crippen LogP contribution in [-0.4, -0.2) is 9.90 Å². The van der Waals surface area contributed by atoms with Crippen LogP contribution in [0.3, 0.4) is 0 Å². The van der Waals surface area contributed by atoms with Crippen LogP contribution in [0.15, 0.2) is 53.3 Å². The average molecular weight is 333 g/mol. The molecule has 0 radical (unpaired) electrons. The van der Waals surface area contributed by atoms with Gasteiger partial charge in [-0.1, -0.05) is 22.0 Å². The molecule has 24 heavy (non-hydrogen) atoms. The number of benzene rings is 2. The first-order valence-corrected chi connectivity index (χ1v) is 7.22. The number of fused-ring (bicyclic) bond motifs is 3. The van der Waals surface area contributed by atoms with E-state index in [0.717, 1.165) is 23.5 Å². The van der Waals surface area contributed by atoms with Crippen LogP contribution in [0.1, 0.15) is 11.3 Å². The zero-order valence-corrected chi connectivity index (χ0v) is 12.3. The zero-order chi connectivity index (χ0) is 16.9. The smallest absolute Gasteiger partial charge is 0.373 e. The summed E-state index contributed by atoms with van der Waals surface area (Å²) in [6, 6.07) is 11.9. The van der Waals surface area contributed by atoms with Gasteiger partial charge in [-0.3, -0.25) is 0 Å². The molecule has 0 bridgehead atoms. The van der Waals surface area contributed by atoms with Gasteiger partial charge in [0.05, 0.1) is 17.8 Å². The highest BCUT2D eigenvalue weighted by molar-refractivity contribution is 5.57. The lowest BCUT2D eigenvalue weighted by Gasteiger charge is -2.13. The van der Waals surface area contributed by atoms with Gasteiger partial charge in [-0.25, -0.2) is 4.79 Å². The lowest BCUT2D eigenvalue weighted by atomic mass is 10.2. The molecule has 0 aliphatic carbocycles. The Bertz CT molecular complexity index is 970. The highest BCUT2D eigenvalue weighted by Gasteiger charge is 2.32. The number of hydrogen-bond donors (Lipinski definition) is 2. The minimum absolute atomic E-state index is 0.309. The molecule has 1 aliphatic rings. The molecule has 0 unspecified atom stereocenters.